The maximum absolute atomic E-state index is 10.8. The molecule has 8 nitrogen and oxygen atoms in total. The van der Waals surface area contributed by atoms with Crippen LogP contribution in [0.3, 0.4) is 0 Å². The van der Waals surface area contributed by atoms with Crippen LogP contribution < -0.4 is 5.73 Å². The van der Waals surface area contributed by atoms with Gasteiger partial charge in [-0.3, -0.25) is 0 Å². The number of carboxylic acid groups (broad SMARTS) is 2. The summed E-state index contributed by atoms with van der Waals surface area (Å²) in [5.41, 5.74) is 6.62. The molecule has 0 aliphatic carbocycles. The van der Waals surface area contributed by atoms with Crippen LogP contribution in [0.4, 0.5) is 15.4 Å². The monoisotopic (exact) mass is 226 g/mol. The molecule has 1 aliphatic rings. The maximum atomic E-state index is 10.8. The van der Waals surface area contributed by atoms with Gasteiger partial charge in [0.25, 0.3) is 0 Å². The van der Waals surface area contributed by atoms with Gasteiger partial charge < -0.3 is 20.8 Å². The number of nitrogen functional groups attached to an aromatic ring is 1. The molecule has 0 bridgehead atoms. The lowest BCUT2D eigenvalue weighted by molar-refractivity contribution is 0.140. The Morgan fingerprint density at radius 3 is 2.56 bits per heavy atom. The van der Waals surface area contributed by atoms with Crippen molar-refractivity contribution >= 4 is 18.0 Å². The summed E-state index contributed by atoms with van der Waals surface area (Å²) in [6, 6.07) is 0. The van der Waals surface area contributed by atoms with Gasteiger partial charge in [-0.2, -0.15) is 5.10 Å². The van der Waals surface area contributed by atoms with Crippen LogP contribution in [0, 0.1) is 0 Å². The van der Waals surface area contributed by atoms with Gasteiger partial charge in [-0.05, 0) is 0 Å². The van der Waals surface area contributed by atoms with Gasteiger partial charge in [-0.15, -0.1) is 4.68 Å². The molecular formula is C8H10N4O4. The van der Waals surface area contributed by atoms with Gasteiger partial charge in [-0.1, -0.05) is 0 Å². The summed E-state index contributed by atoms with van der Waals surface area (Å²) in [4.78, 5) is 22.7. The summed E-state index contributed by atoms with van der Waals surface area (Å²) >= 11 is 0. The van der Waals surface area contributed by atoms with E-state index in [0.717, 1.165) is 0 Å². The largest absolute Gasteiger partial charge is 0.465 e. The fraction of sp³-hybridized carbons (Fsp3) is 0.375. The average molecular weight is 226 g/mol. The number of anilines is 1. The molecule has 86 valence electrons. The summed E-state index contributed by atoms with van der Waals surface area (Å²) in [6.45, 7) is 0.391. The minimum absolute atomic E-state index is 0.00606. The minimum Gasteiger partial charge on any atom is -0.465 e. The number of hydrogen-bond acceptors (Lipinski definition) is 4. The van der Waals surface area contributed by atoms with Gasteiger partial charge in [0.15, 0.2) is 0 Å². The topological polar surface area (TPSA) is 122 Å². The third kappa shape index (κ3) is 1.44. The summed E-state index contributed by atoms with van der Waals surface area (Å²) in [7, 11) is 0. The molecule has 0 aromatic carbocycles. The van der Waals surface area contributed by atoms with Crippen molar-refractivity contribution in [1.29, 1.82) is 0 Å². The second kappa shape index (κ2) is 3.40. The predicted octanol–water partition coefficient (Wildman–Crippen LogP) is 0.0275. The van der Waals surface area contributed by atoms with Gasteiger partial charge in [0.2, 0.25) is 0 Å². The number of fused-ring (bicyclic) bond motifs is 1. The summed E-state index contributed by atoms with van der Waals surface area (Å²) in [5, 5.41) is 21.4. The highest BCUT2D eigenvalue weighted by molar-refractivity contribution is 5.73. The fourth-order valence-electron chi connectivity index (χ4n) is 1.70. The second-order valence-electron chi connectivity index (χ2n) is 3.46. The molecule has 1 aromatic rings. The Hall–Kier alpha value is -2.25. The highest BCUT2D eigenvalue weighted by Gasteiger charge is 2.27. The molecule has 0 fully saturated rings. The smallest absolute Gasteiger partial charge is 0.434 e. The van der Waals surface area contributed by atoms with Crippen molar-refractivity contribution in [3.8, 4) is 0 Å². The molecule has 0 saturated heterocycles. The zero-order valence-electron chi connectivity index (χ0n) is 8.25. The highest BCUT2D eigenvalue weighted by Crippen LogP contribution is 2.23. The van der Waals surface area contributed by atoms with E-state index in [4.69, 9.17) is 15.9 Å². The summed E-state index contributed by atoms with van der Waals surface area (Å²) < 4.78 is 0.677. The van der Waals surface area contributed by atoms with E-state index < -0.39 is 12.2 Å². The number of hydrogen-bond donors (Lipinski definition) is 3. The van der Waals surface area contributed by atoms with E-state index in [0.29, 0.717) is 28.9 Å². The van der Waals surface area contributed by atoms with Crippen molar-refractivity contribution in [2.45, 2.75) is 13.0 Å². The third-order valence-electron chi connectivity index (χ3n) is 2.53. The fourth-order valence-corrected chi connectivity index (χ4v) is 1.70. The van der Waals surface area contributed by atoms with Crippen LogP contribution in [0.15, 0.2) is 0 Å². The lowest BCUT2D eigenvalue weighted by Gasteiger charge is -2.23. The van der Waals surface area contributed by atoms with Crippen LogP contribution in [0.1, 0.15) is 11.3 Å². The SMILES string of the molecule is Nc1c2c(nn1C(=O)O)CCN(C(=O)O)C2. The molecule has 4 N–H and O–H groups in total. The molecule has 2 heterocycles. The van der Waals surface area contributed by atoms with Crippen molar-refractivity contribution in [1.82, 2.24) is 14.7 Å². The molecule has 8 heteroatoms. The van der Waals surface area contributed by atoms with E-state index in [2.05, 4.69) is 5.10 Å². The number of rotatable bonds is 0. The van der Waals surface area contributed by atoms with Gasteiger partial charge >= 0.3 is 12.2 Å². The molecule has 16 heavy (non-hydrogen) atoms. The first-order valence-corrected chi connectivity index (χ1v) is 4.58. The van der Waals surface area contributed by atoms with E-state index in [1.807, 2.05) is 0 Å². The normalized spacial score (nSPS) is 14.6. The van der Waals surface area contributed by atoms with E-state index in [9.17, 15) is 9.59 Å². The predicted molar refractivity (Wildman–Crippen MR) is 52.2 cm³/mol. The second-order valence-corrected chi connectivity index (χ2v) is 3.46. The van der Waals surface area contributed by atoms with Crippen molar-refractivity contribution in [3.63, 3.8) is 0 Å². The number of carbonyl (C=O) groups is 2. The summed E-state index contributed by atoms with van der Waals surface area (Å²) in [6.07, 6.45) is -1.94. The van der Waals surface area contributed by atoms with Crippen molar-refractivity contribution < 1.29 is 19.8 Å². The maximum Gasteiger partial charge on any atom is 0.434 e. The van der Waals surface area contributed by atoms with E-state index in [-0.39, 0.29) is 12.4 Å². The first-order valence-electron chi connectivity index (χ1n) is 4.58. The first kappa shape index (κ1) is 10.3. The number of nitrogens with zero attached hydrogens (tertiary/aromatic N) is 3. The molecule has 1 amide bonds. The number of amides is 1. The minimum atomic E-state index is -1.27. The Morgan fingerprint density at radius 2 is 2.00 bits per heavy atom. The Bertz CT molecular complexity index is 467. The van der Waals surface area contributed by atoms with Crippen LogP contribution >= 0.6 is 0 Å². The average Bonchev–Trinajstić information content (AvgIpc) is 2.56. The number of nitrogens with two attached hydrogens (primary N) is 1. The molecule has 0 unspecified atom stereocenters. The van der Waals surface area contributed by atoms with Crippen molar-refractivity contribution in [3.05, 3.63) is 11.3 Å². The zero-order chi connectivity index (χ0) is 11.9. The van der Waals surface area contributed by atoms with Gasteiger partial charge in [0.1, 0.15) is 5.82 Å². The Morgan fingerprint density at radius 1 is 1.31 bits per heavy atom. The Balaban J connectivity index is 2.38. The van der Waals surface area contributed by atoms with E-state index >= 15 is 0 Å². The molecule has 1 aromatic heterocycles. The van der Waals surface area contributed by atoms with Crippen LogP contribution in [-0.4, -0.2) is 43.6 Å². The Kier molecular flexibility index (Phi) is 2.18. The first-order chi connectivity index (χ1) is 7.50. The van der Waals surface area contributed by atoms with Gasteiger partial charge in [0.05, 0.1) is 12.2 Å². The highest BCUT2D eigenvalue weighted by atomic mass is 16.4. The molecular weight excluding hydrogens is 216 g/mol. The zero-order valence-corrected chi connectivity index (χ0v) is 8.25. The molecule has 0 radical (unpaired) electrons. The molecule has 2 rings (SSSR count). The summed E-state index contributed by atoms with van der Waals surface area (Å²) in [5.74, 6) is -0.00606. The lowest BCUT2D eigenvalue weighted by Crippen LogP contribution is -2.34. The van der Waals surface area contributed by atoms with Gasteiger partial charge in [0, 0.05) is 18.5 Å². The number of aromatic nitrogens is 2. The van der Waals surface area contributed by atoms with E-state index in [1.54, 1.807) is 0 Å². The van der Waals surface area contributed by atoms with Crippen molar-refractivity contribution in [2.24, 2.45) is 0 Å². The standard InChI is InChI=1S/C8H10N4O4/c9-6-4-3-11(7(13)14)2-1-5(4)10-12(6)8(15)16/h1-3,9H2,(H,13,14)(H,15,16). The van der Waals surface area contributed by atoms with Crippen LogP contribution in [0.2, 0.25) is 0 Å². The molecule has 0 atom stereocenters. The van der Waals surface area contributed by atoms with Crippen LogP contribution in [0.25, 0.3) is 0 Å². The lowest BCUT2D eigenvalue weighted by atomic mass is 10.1. The molecule has 0 saturated carbocycles. The molecule has 0 spiro atoms. The van der Waals surface area contributed by atoms with Crippen molar-refractivity contribution in [2.75, 3.05) is 12.3 Å². The van der Waals surface area contributed by atoms with Crippen LogP contribution in [0.5, 0.6) is 0 Å². The van der Waals surface area contributed by atoms with Gasteiger partial charge in [-0.25, -0.2) is 9.59 Å². The quantitative estimate of drug-likeness (QED) is 0.573. The van der Waals surface area contributed by atoms with Crippen LogP contribution in [-0.2, 0) is 13.0 Å². The van der Waals surface area contributed by atoms with E-state index in [1.165, 1.54) is 4.90 Å². The third-order valence-corrected chi connectivity index (χ3v) is 2.53. The molecule has 1 aliphatic heterocycles. The Labute approximate surface area is 89.9 Å².